The molecule has 1 amide bonds. The Morgan fingerprint density at radius 1 is 1.15 bits per heavy atom. The third kappa shape index (κ3) is 3.04. The van der Waals surface area contributed by atoms with Crippen molar-refractivity contribution in [2.24, 2.45) is 5.10 Å². The lowest BCUT2D eigenvalue weighted by molar-refractivity contribution is 0.0711. The van der Waals surface area contributed by atoms with E-state index in [1.807, 2.05) is 37.3 Å². The molecule has 1 atom stereocenters. The molecule has 26 heavy (non-hydrogen) atoms. The molecule has 0 N–H and O–H groups in total. The largest absolute Gasteiger partial charge is 0.463 e. The number of hydrogen-bond donors (Lipinski definition) is 0. The van der Waals surface area contributed by atoms with Crippen molar-refractivity contribution < 1.29 is 9.21 Å². The fourth-order valence-corrected chi connectivity index (χ4v) is 3.40. The normalized spacial score (nSPS) is 16.6. The highest BCUT2D eigenvalue weighted by Crippen LogP contribution is 2.35. The lowest BCUT2D eigenvalue weighted by Gasteiger charge is -2.22. The lowest BCUT2D eigenvalue weighted by Crippen LogP contribution is -2.27. The molecule has 0 saturated carbocycles. The van der Waals surface area contributed by atoms with E-state index in [4.69, 9.17) is 16.0 Å². The lowest BCUT2D eigenvalue weighted by atomic mass is 9.99. The Balaban J connectivity index is 1.76. The van der Waals surface area contributed by atoms with Gasteiger partial charge in [0.15, 0.2) is 0 Å². The van der Waals surface area contributed by atoms with E-state index in [2.05, 4.69) is 11.2 Å². The number of benzene rings is 2. The SMILES string of the molecule is Cc1cccc([C@@H]2CC(c3ccco3)=NN2C(=O)c2ccccc2Cl)c1. The molecule has 0 spiro atoms. The van der Waals surface area contributed by atoms with E-state index in [1.165, 1.54) is 5.01 Å². The molecule has 0 bridgehead atoms. The molecule has 1 aromatic heterocycles. The van der Waals surface area contributed by atoms with Crippen LogP contribution in [0.4, 0.5) is 0 Å². The van der Waals surface area contributed by atoms with Gasteiger partial charge in [-0.2, -0.15) is 5.10 Å². The van der Waals surface area contributed by atoms with E-state index in [0.29, 0.717) is 22.8 Å². The third-order valence-corrected chi connectivity index (χ3v) is 4.78. The zero-order chi connectivity index (χ0) is 18.1. The third-order valence-electron chi connectivity index (χ3n) is 4.46. The van der Waals surface area contributed by atoms with Crippen molar-refractivity contribution in [3.8, 4) is 0 Å². The van der Waals surface area contributed by atoms with Crippen molar-refractivity contribution in [2.75, 3.05) is 0 Å². The molecule has 130 valence electrons. The molecule has 2 heterocycles. The molecule has 0 fully saturated rings. The van der Waals surface area contributed by atoms with Gasteiger partial charge in [0.25, 0.3) is 5.91 Å². The van der Waals surface area contributed by atoms with Crippen LogP contribution in [0.2, 0.25) is 5.02 Å². The maximum Gasteiger partial charge on any atom is 0.276 e. The van der Waals surface area contributed by atoms with Crippen LogP contribution in [0.1, 0.15) is 39.7 Å². The summed E-state index contributed by atoms with van der Waals surface area (Å²) in [5.41, 5.74) is 3.37. The number of carbonyl (C=O) groups excluding carboxylic acids is 1. The predicted octanol–water partition coefficient (Wildman–Crippen LogP) is 5.23. The van der Waals surface area contributed by atoms with Crippen LogP contribution in [-0.2, 0) is 0 Å². The van der Waals surface area contributed by atoms with Crippen molar-refractivity contribution >= 4 is 23.2 Å². The van der Waals surface area contributed by atoms with Crippen molar-refractivity contribution in [3.05, 3.63) is 94.4 Å². The van der Waals surface area contributed by atoms with Gasteiger partial charge >= 0.3 is 0 Å². The van der Waals surface area contributed by atoms with Gasteiger partial charge in [0.2, 0.25) is 0 Å². The summed E-state index contributed by atoms with van der Waals surface area (Å²) in [5, 5.41) is 6.52. The Hall–Kier alpha value is -2.85. The molecule has 0 radical (unpaired) electrons. The molecule has 4 rings (SSSR count). The summed E-state index contributed by atoms with van der Waals surface area (Å²) >= 11 is 6.24. The van der Waals surface area contributed by atoms with Gasteiger partial charge in [-0.3, -0.25) is 4.79 Å². The van der Waals surface area contributed by atoms with Crippen LogP contribution in [0.15, 0.2) is 76.4 Å². The Kier molecular flexibility index (Phi) is 4.35. The summed E-state index contributed by atoms with van der Waals surface area (Å²) in [6, 6.07) is 18.6. The number of aryl methyl sites for hydroxylation is 1. The summed E-state index contributed by atoms with van der Waals surface area (Å²) in [5.74, 6) is 0.459. The van der Waals surface area contributed by atoms with Gasteiger partial charge in [0, 0.05) is 6.42 Å². The van der Waals surface area contributed by atoms with E-state index in [0.717, 1.165) is 16.8 Å². The molecule has 2 aromatic carbocycles. The highest BCUT2D eigenvalue weighted by atomic mass is 35.5. The molecule has 4 nitrogen and oxygen atoms in total. The molecule has 1 aliphatic rings. The van der Waals surface area contributed by atoms with Crippen molar-refractivity contribution in [1.82, 2.24) is 5.01 Å². The van der Waals surface area contributed by atoms with E-state index in [9.17, 15) is 4.79 Å². The molecule has 5 heteroatoms. The number of rotatable bonds is 3. The molecule has 1 aliphatic heterocycles. The van der Waals surface area contributed by atoms with Gasteiger partial charge in [-0.1, -0.05) is 53.6 Å². The number of carbonyl (C=O) groups is 1. The minimum Gasteiger partial charge on any atom is -0.463 e. The summed E-state index contributed by atoms with van der Waals surface area (Å²) in [4.78, 5) is 13.2. The maximum absolute atomic E-state index is 13.2. The highest BCUT2D eigenvalue weighted by molar-refractivity contribution is 6.33. The minimum absolute atomic E-state index is 0.196. The maximum atomic E-state index is 13.2. The van der Waals surface area contributed by atoms with Gasteiger partial charge in [0.1, 0.15) is 11.5 Å². The first-order valence-corrected chi connectivity index (χ1v) is 8.77. The zero-order valence-corrected chi connectivity index (χ0v) is 15.0. The molecule has 0 aliphatic carbocycles. The van der Waals surface area contributed by atoms with Crippen molar-refractivity contribution in [2.45, 2.75) is 19.4 Å². The second-order valence-electron chi connectivity index (χ2n) is 6.29. The Bertz CT molecular complexity index is 979. The smallest absolute Gasteiger partial charge is 0.276 e. The van der Waals surface area contributed by atoms with Gasteiger partial charge < -0.3 is 4.42 Å². The van der Waals surface area contributed by atoms with Crippen molar-refractivity contribution in [1.29, 1.82) is 0 Å². The summed E-state index contributed by atoms with van der Waals surface area (Å²) in [6.07, 6.45) is 2.20. The summed E-state index contributed by atoms with van der Waals surface area (Å²) < 4.78 is 5.49. The number of furan rings is 1. The first-order chi connectivity index (χ1) is 12.6. The fraction of sp³-hybridized carbons (Fsp3) is 0.143. The first kappa shape index (κ1) is 16.6. The van der Waals surface area contributed by atoms with Crippen molar-refractivity contribution in [3.63, 3.8) is 0 Å². The molecular weight excluding hydrogens is 348 g/mol. The average Bonchev–Trinajstić information content (AvgIpc) is 3.31. The van der Waals surface area contributed by atoms with Crippen LogP contribution < -0.4 is 0 Å². The summed E-state index contributed by atoms with van der Waals surface area (Å²) in [6.45, 7) is 2.03. The van der Waals surface area contributed by atoms with Crippen LogP contribution in [0.5, 0.6) is 0 Å². The standard InChI is InChI=1S/C21H17ClN2O2/c1-14-6-4-7-15(12-14)19-13-18(20-10-5-11-26-20)23-24(19)21(25)16-8-2-3-9-17(16)22/h2-12,19H,13H2,1H3/t19-/m0/s1. The predicted molar refractivity (Wildman–Crippen MR) is 101 cm³/mol. The second-order valence-corrected chi connectivity index (χ2v) is 6.69. The van der Waals surface area contributed by atoms with E-state index in [1.54, 1.807) is 30.5 Å². The van der Waals surface area contributed by atoms with Gasteiger partial charge in [-0.15, -0.1) is 0 Å². The number of nitrogens with zero attached hydrogens (tertiary/aromatic N) is 2. The topological polar surface area (TPSA) is 45.8 Å². The first-order valence-electron chi connectivity index (χ1n) is 8.39. The Labute approximate surface area is 156 Å². The number of halogens is 1. The van der Waals surface area contributed by atoms with E-state index >= 15 is 0 Å². The van der Waals surface area contributed by atoms with E-state index < -0.39 is 0 Å². The second kappa shape index (κ2) is 6.81. The van der Waals surface area contributed by atoms with Crippen LogP contribution in [0.25, 0.3) is 0 Å². The van der Waals surface area contributed by atoms with E-state index in [-0.39, 0.29) is 11.9 Å². The van der Waals surface area contributed by atoms with Crippen LogP contribution >= 0.6 is 11.6 Å². The highest BCUT2D eigenvalue weighted by Gasteiger charge is 2.35. The number of amides is 1. The zero-order valence-electron chi connectivity index (χ0n) is 14.2. The number of hydrogen-bond acceptors (Lipinski definition) is 3. The van der Waals surface area contributed by atoms with Gasteiger partial charge in [0.05, 0.1) is 22.9 Å². The van der Waals surface area contributed by atoms with Crippen LogP contribution in [0, 0.1) is 6.92 Å². The molecular formula is C21H17ClN2O2. The van der Waals surface area contributed by atoms with Crippen LogP contribution in [-0.4, -0.2) is 16.6 Å². The monoisotopic (exact) mass is 364 g/mol. The average molecular weight is 365 g/mol. The Morgan fingerprint density at radius 2 is 2.00 bits per heavy atom. The number of hydrazone groups is 1. The molecule has 0 saturated heterocycles. The fourth-order valence-electron chi connectivity index (χ4n) is 3.18. The quantitative estimate of drug-likeness (QED) is 0.638. The van der Waals surface area contributed by atoms with Gasteiger partial charge in [-0.25, -0.2) is 5.01 Å². The van der Waals surface area contributed by atoms with Gasteiger partial charge in [-0.05, 0) is 36.8 Å². The summed E-state index contributed by atoms with van der Waals surface area (Å²) in [7, 11) is 0. The molecule has 3 aromatic rings. The Morgan fingerprint density at radius 3 is 2.73 bits per heavy atom. The van der Waals surface area contributed by atoms with Crippen LogP contribution in [0.3, 0.4) is 0 Å². The minimum atomic E-state index is -0.219. The molecule has 0 unspecified atom stereocenters.